The van der Waals surface area contributed by atoms with Crippen molar-refractivity contribution in [1.82, 2.24) is 9.79 Å². The summed E-state index contributed by atoms with van der Waals surface area (Å²) in [6, 6.07) is 15.0. The van der Waals surface area contributed by atoms with Gasteiger partial charge in [-0.1, -0.05) is 34.5 Å². The van der Waals surface area contributed by atoms with E-state index in [4.69, 9.17) is 4.84 Å². The van der Waals surface area contributed by atoms with E-state index >= 15 is 0 Å². The third-order valence-electron chi connectivity index (χ3n) is 3.35. The van der Waals surface area contributed by atoms with Gasteiger partial charge in [0.25, 0.3) is 15.9 Å². The van der Waals surface area contributed by atoms with Gasteiger partial charge in [0, 0.05) is 18.2 Å². The predicted molar refractivity (Wildman–Crippen MR) is 94.1 cm³/mol. The summed E-state index contributed by atoms with van der Waals surface area (Å²) in [4.78, 5) is 16.8. The topological polar surface area (TPSA) is 75.7 Å². The summed E-state index contributed by atoms with van der Waals surface area (Å²) in [7, 11) is -1.17. The smallest absolute Gasteiger partial charge is 0.264 e. The van der Waals surface area contributed by atoms with E-state index in [1.54, 1.807) is 0 Å². The molecule has 0 heterocycles. The Labute approximate surface area is 147 Å². The van der Waals surface area contributed by atoms with Crippen LogP contribution >= 0.6 is 0 Å². The maximum atomic E-state index is 12.1. The van der Waals surface area contributed by atoms with Crippen LogP contribution in [-0.2, 0) is 14.9 Å². The molecule has 0 saturated carbocycles. The minimum atomic E-state index is -3.73. The zero-order valence-electron chi connectivity index (χ0n) is 13.9. The van der Waals surface area contributed by atoms with Gasteiger partial charge in [-0.3, -0.25) is 9.63 Å². The van der Waals surface area contributed by atoms with E-state index in [1.807, 2.05) is 30.3 Å². The van der Waals surface area contributed by atoms with Crippen molar-refractivity contribution >= 4 is 15.9 Å². The standard InChI is InChI=1S/C18H18N2O4S/c1-20(24-2)25(22,23)17-12-10-16(11-13-17)18(21)19-14-6-9-15-7-4-3-5-8-15/h3-5,7-8,10-13H,14H2,1-2H3,(H,19,21). The maximum Gasteiger partial charge on any atom is 0.264 e. The Morgan fingerprint density at radius 3 is 2.36 bits per heavy atom. The van der Waals surface area contributed by atoms with Gasteiger partial charge in [-0.05, 0) is 36.4 Å². The molecule has 7 heteroatoms. The largest absolute Gasteiger partial charge is 0.341 e. The highest BCUT2D eigenvalue weighted by atomic mass is 32.2. The Hall–Kier alpha value is -2.66. The molecular weight excluding hydrogens is 340 g/mol. The van der Waals surface area contributed by atoms with E-state index in [-0.39, 0.29) is 17.3 Å². The molecule has 0 aliphatic carbocycles. The van der Waals surface area contributed by atoms with Crippen LogP contribution in [0, 0.1) is 11.8 Å². The average molecular weight is 358 g/mol. The number of hydrogen-bond donors (Lipinski definition) is 1. The average Bonchev–Trinajstić information content (AvgIpc) is 2.65. The molecule has 6 nitrogen and oxygen atoms in total. The number of carbonyl (C=O) groups excluding carboxylic acids is 1. The molecule has 1 amide bonds. The number of benzene rings is 2. The first kappa shape index (κ1) is 18.7. The third-order valence-corrected chi connectivity index (χ3v) is 5.05. The highest BCUT2D eigenvalue weighted by Crippen LogP contribution is 2.15. The molecule has 0 bridgehead atoms. The summed E-state index contributed by atoms with van der Waals surface area (Å²) in [5.74, 6) is 5.47. The van der Waals surface area contributed by atoms with Crippen molar-refractivity contribution in [3.8, 4) is 11.8 Å². The fourth-order valence-electron chi connectivity index (χ4n) is 1.92. The van der Waals surface area contributed by atoms with Crippen LogP contribution in [0.4, 0.5) is 0 Å². The van der Waals surface area contributed by atoms with Gasteiger partial charge in [0.2, 0.25) is 0 Å². The summed E-state index contributed by atoms with van der Waals surface area (Å²) in [6.45, 7) is 0.195. The molecule has 0 aliphatic rings. The molecule has 0 atom stereocenters. The second-order valence-electron chi connectivity index (χ2n) is 4.97. The fourth-order valence-corrected chi connectivity index (χ4v) is 2.89. The van der Waals surface area contributed by atoms with Gasteiger partial charge in [-0.15, -0.1) is 0 Å². The van der Waals surface area contributed by atoms with Crippen LogP contribution in [0.5, 0.6) is 0 Å². The van der Waals surface area contributed by atoms with Crippen molar-refractivity contribution in [3.05, 3.63) is 65.7 Å². The van der Waals surface area contributed by atoms with Gasteiger partial charge in [0.15, 0.2) is 0 Å². The first-order valence-corrected chi connectivity index (χ1v) is 8.84. The minimum Gasteiger partial charge on any atom is -0.341 e. The number of rotatable bonds is 5. The Bertz CT molecular complexity index is 882. The van der Waals surface area contributed by atoms with Gasteiger partial charge in [-0.25, -0.2) is 8.42 Å². The van der Waals surface area contributed by atoms with E-state index in [1.165, 1.54) is 38.4 Å². The Morgan fingerprint density at radius 1 is 1.12 bits per heavy atom. The first-order chi connectivity index (χ1) is 11.9. The summed E-state index contributed by atoms with van der Waals surface area (Å²) < 4.78 is 24.9. The number of nitrogens with zero attached hydrogens (tertiary/aromatic N) is 1. The Balaban J connectivity index is 1.98. The maximum absolute atomic E-state index is 12.1. The number of amides is 1. The lowest BCUT2D eigenvalue weighted by Gasteiger charge is -2.14. The lowest BCUT2D eigenvalue weighted by atomic mass is 10.2. The zero-order chi connectivity index (χ0) is 18.3. The van der Waals surface area contributed by atoms with Gasteiger partial charge < -0.3 is 5.32 Å². The van der Waals surface area contributed by atoms with Crippen molar-refractivity contribution in [2.24, 2.45) is 0 Å². The van der Waals surface area contributed by atoms with Gasteiger partial charge >= 0.3 is 0 Å². The lowest BCUT2D eigenvalue weighted by Crippen LogP contribution is -2.26. The molecule has 0 fully saturated rings. The van der Waals surface area contributed by atoms with E-state index in [0.717, 1.165) is 10.0 Å². The molecule has 25 heavy (non-hydrogen) atoms. The van der Waals surface area contributed by atoms with Gasteiger partial charge in [0.05, 0.1) is 18.6 Å². The second-order valence-corrected chi connectivity index (χ2v) is 6.91. The highest BCUT2D eigenvalue weighted by molar-refractivity contribution is 7.89. The molecule has 0 aromatic heterocycles. The van der Waals surface area contributed by atoms with Crippen molar-refractivity contribution in [1.29, 1.82) is 0 Å². The SMILES string of the molecule is CON(C)S(=O)(=O)c1ccc(C(=O)NCC#Cc2ccccc2)cc1. The van der Waals surface area contributed by atoms with Gasteiger partial charge in [0.1, 0.15) is 0 Å². The molecule has 0 unspecified atom stereocenters. The van der Waals surface area contributed by atoms with Crippen LogP contribution in [-0.4, -0.2) is 39.5 Å². The van der Waals surface area contributed by atoms with Crippen molar-refractivity contribution in [3.63, 3.8) is 0 Å². The highest BCUT2D eigenvalue weighted by Gasteiger charge is 2.20. The molecule has 2 aromatic carbocycles. The monoisotopic (exact) mass is 358 g/mol. The van der Waals surface area contributed by atoms with Crippen LogP contribution in [0.15, 0.2) is 59.5 Å². The zero-order valence-corrected chi connectivity index (χ0v) is 14.7. The Kier molecular flexibility index (Phi) is 6.31. The van der Waals surface area contributed by atoms with E-state index in [9.17, 15) is 13.2 Å². The number of hydroxylamine groups is 1. The normalized spacial score (nSPS) is 10.8. The van der Waals surface area contributed by atoms with Crippen LogP contribution in [0.2, 0.25) is 0 Å². The molecule has 2 aromatic rings. The van der Waals surface area contributed by atoms with E-state index in [0.29, 0.717) is 5.56 Å². The molecule has 0 radical (unpaired) electrons. The molecule has 0 saturated heterocycles. The van der Waals surface area contributed by atoms with Crippen molar-refractivity contribution in [2.75, 3.05) is 20.7 Å². The predicted octanol–water partition coefficient (Wildman–Crippen LogP) is 1.65. The number of hydrogen-bond acceptors (Lipinski definition) is 4. The summed E-state index contributed by atoms with van der Waals surface area (Å²) in [6.07, 6.45) is 0. The van der Waals surface area contributed by atoms with Crippen molar-refractivity contribution in [2.45, 2.75) is 4.90 Å². The van der Waals surface area contributed by atoms with Crippen LogP contribution in [0.3, 0.4) is 0 Å². The number of carbonyl (C=O) groups is 1. The number of nitrogens with one attached hydrogen (secondary N) is 1. The van der Waals surface area contributed by atoms with Crippen LogP contribution in [0.1, 0.15) is 15.9 Å². The molecule has 130 valence electrons. The molecule has 0 aliphatic heterocycles. The molecular formula is C18H18N2O4S. The summed E-state index contributed by atoms with van der Waals surface area (Å²) in [5.41, 5.74) is 1.22. The number of sulfonamides is 1. The van der Waals surface area contributed by atoms with Crippen molar-refractivity contribution < 1.29 is 18.0 Å². The minimum absolute atomic E-state index is 0.0391. The first-order valence-electron chi connectivity index (χ1n) is 7.40. The summed E-state index contributed by atoms with van der Waals surface area (Å²) in [5, 5.41) is 2.66. The van der Waals surface area contributed by atoms with E-state index < -0.39 is 10.0 Å². The van der Waals surface area contributed by atoms with Gasteiger partial charge in [-0.2, -0.15) is 0 Å². The van der Waals surface area contributed by atoms with Crippen LogP contribution < -0.4 is 5.32 Å². The quantitative estimate of drug-likeness (QED) is 0.651. The second kappa shape index (κ2) is 8.44. The van der Waals surface area contributed by atoms with Crippen LogP contribution in [0.25, 0.3) is 0 Å². The molecule has 1 N–H and O–H groups in total. The molecule has 0 spiro atoms. The molecule has 2 rings (SSSR count). The third kappa shape index (κ3) is 4.90. The Morgan fingerprint density at radius 2 is 1.76 bits per heavy atom. The lowest BCUT2D eigenvalue weighted by molar-refractivity contribution is -0.0258. The van der Waals surface area contributed by atoms with E-state index in [2.05, 4.69) is 17.2 Å². The summed E-state index contributed by atoms with van der Waals surface area (Å²) >= 11 is 0. The fraction of sp³-hybridized carbons (Fsp3) is 0.167.